The number of hydrogen-bond donors (Lipinski definition) is 2. The average Bonchev–Trinajstić information content (AvgIpc) is 2.75. The van der Waals surface area contributed by atoms with E-state index in [-0.39, 0.29) is 13.0 Å². The second-order valence-electron chi connectivity index (χ2n) is 8.52. The molecule has 7 heteroatoms. The first-order chi connectivity index (χ1) is 15.1. The quantitative estimate of drug-likeness (QED) is 0.247. The molecule has 0 fully saturated rings. The monoisotopic (exact) mass is 451 g/mol. The maximum absolute atomic E-state index is 15.1. The molecule has 4 atom stereocenters. The van der Waals surface area contributed by atoms with Gasteiger partial charge >= 0.3 is 11.9 Å². The van der Waals surface area contributed by atoms with Gasteiger partial charge in [0.15, 0.2) is 5.41 Å². The van der Waals surface area contributed by atoms with Gasteiger partial charge in [0.25, 0.3) is 0 Å². The zero-order chi connectivity index (χ0) is 24.3. The molecule has 5 nitrogen and oxygen atoms in total. The Morgan fingerprint density at radius 1 is 1.09 bits per heavy atom. The van der Waals surface area contributed by atoms with Gasteiger partial charge in [-0.15, -0.1) is 5.92 Å². The van der Waals surface area contributed by atoms with E-state index in [0.29, 0.717) is 6.42 Å². The summed E-state index contributed by atoms with van der Waals surface area (Å²) in [4.78, 5) is 24.4. The Kier molecular flexibility index (Phi) is 11.3. The van der Waals surface area contributed by atoms with Crippen molar-refractivity contribution in [2.75, 3.05) is 13.6 Å². The number of unbranched alkanes of at least 4 members (excludes halogenated alkanes) is 2. The number of benzene rings is 1. The number of aliphatic carboxylic acids is 2. The van der Waals surface area contributed by atoms with Crippen molar-refractivity contribution >= 4 is 11.9 Å². The summed E-state index contributed by atoms with van der Waals surface area (Å²) in [5.74, 6) is 1.98. The van der Waals surface area contributed by atoms with E-state index in [0.717, 1.165) is 31.7 Å². The molecule has 0 aromatic heterocycles. The Morgan fingerprint density at radius 3 is 2.19 bits per heavy atom. The molecule has 0 saturated carbocycles. The molecule has 0 aliphatic heterocycles. The van der Waals surface area contributed by atoms with E-state index in [4.69, 9.17) is 0 Å². The molecule has 32 heavy (non-hydrogen) atoms. The molecule has 0 radical (unpaired) electrons. The van der Waals surface area contributed by atoms with Gasteiger partial charge in [-0.3, -0.25) is 14.5 Å². The van der Waals surface area contributed by atoms with Crippen molar-refractivity contribution in [1.82, 2.24) is 4.90 Å². The minimum absolute atomic E-state index is 0.159. The number of carboxylic acid groups (broad SMARTS) is 2. The Balaban J connectivity index is 3.15. The number of alkyl halides is 2. The molecule has 2 N–H and O–H groups in total. The molecule has 0 aliphatic carbocycles. The summed E-state index contributed by atoms with van der Waals surface area (Å²) in [6, 6.07) is 8.88. The van der Waals surface area contributed by atoms with E-state index in [1.807, 2.05) is 35.2 Å². The summed E-state index contributed by atoms with van der Waals surface area (Å²) in [6.45, 7) is 4.56. The van der Waals surface area contributed by atoms with Gasteiger partial charge in [0.05, 0.1) is 6.54 Å². The van der Waals surface area contributed by atoms with Crippen LogP contribution in [0.3, 0.4) is 0 Å². The fraction of sp³-hybridized carbons (Fsp3) is 0.600. The second kappa shape index (κ2) is 13.2. The van der Waals surface area contributed by atoms with Gasteiger partial charge < -0.3 is 10.2 Å². The topological polar surface area (TPSA) is 77.8 Å². The molecule has 0 spiro atoms. The third-order valence-electron chi connectivity index (χ3n) is 5.85. The van der Waals surface area contributed by atoms with E-state index in [2.05, 4.69) is 18.8 Å². The van der Waals surface area contributed by atoms with Gasteiger partial charge in [-0.05, 0) is 32.9 Å². The van der Waals surface area contributed by atoms with E-state index in [9.17, 15) is 24.2 Å². The van der Waals surface area contributed by atoms with Crippen LogP contribution in [0.5, 0.6) is 0 Å². The number of halogens is 2. The summed E-state index contributed by atoms with van der Waals surface area (Å²) >= 11 is 0. The molecular formula is C25H35F2NO4. The van der Waals surface area contributed by atoms with Crippen LogP contribution in [0.4, 0.5) is 8.78 Å². The maximum atomic E-state index is 15.1. The summed E-state index contributed by atoms with van der Waals surface area (Å²) in [7, 11) is 1.77. The largest absolute Gasteiger partial charge is 0.480 e. The molecule has 1 aromatic rings. The minimum Gasteiger partial charge on any atom is -0.480 e. The summed E-state index contributed by atoms with van der Waals surface area (Å²) in [6.07, 6.45) is -0.400. The summed E-state index contributed by atoms with van der Waals surface area (Å²) in [5, 5.41) is 18.4. The highest BCUT2D eigenvalue weighted by atomic mass is 19.2. The van der Waals surface area contributed by atoms with Crippen LogP contribution >= 0.6 is 0 Å². The van der Waals surface area contributed by atoms with E-state index in [1.165, 1.54) is 6.92 Å². The van der Waals surface area contributed by atoms with Crippen LogP contribution in [0, 0.1) is 23.2 Å². The minimum atomic E-state index is -2.00. The van der Waals surface area contributed by atoms with Crippen molar-refractivity contribution in [2.45, 2.75) is 71.3 Å². The molecule has 1 aromatic carbocycles. The van der Waals surface area contributed by atoms with Gasteiger partial charge in [0.1, 0.15) is 12.3 Å². The number of nitrogens with zero attached hydrogens (tertiary/aromatic N) is 1. The predicted molar refractivity (Wildman–Crippen MR) is 121 cm³/mol. The number of hydrogen-bond acceptors (Lipinski definition) is 3. The lowest BCUT2D eigenvalue weighted by molar-refractivity contribution is -0.162. The predicted octanol–water partition coefficient (Wildman–Crippen LogP) is 5.12. The van der Waals surface area contributed by atoms with Crippen LogP contribution in [-0.4, -0.2) is 53.0 Å². The highest BCUT2D eigenvalue weighted by molar-refractivity contribution is 5.98. The first-order valence-electron chi connectivity index (χ1n) is 11.0. The van der Waals surface area contributed by atoms with E-state index in [1.54, 1.807) is 7.05 Å². The van der Waals surface area contributed by atoms with Crippen LogP contribution in [0.2, 0.25) is 0 Å². The van der Waals surface area contributed by atoms with Crippen LogP contribution in [-0.2, 0) is 9.59 Å². The van der Waals surface area contributed by atoms with Crippen molar-refractivity contribution < 1.29 is 28.6 Å². The van der Waals surface area contributed by atoms with Gasteiger partial charge in [0, 0.05) is 18.4 Å². The molecule has 0 aliphatic rings. The zero-order valence-electron chi connectivity index (χ0n) is 19.4. The van der Waals surface area contributed by atoms with Crippen molar-refractivity contribution in [3.05, 3.63) is 35.9 Å². The summed E-state index contributed by atoms with van der Waals surface area (Å²) < 4.78 is 29.1. The number of carboxylic acids is 2. The fourth-order valence-electron chi connectivity index (χ4n) is 3.70. The molecule has 0 bridgehead atoms. The Hall–Kier alpha value is -2.46. The third-order valence-corrected chi connectivity index (χ3v) is 5.85. The fourth-order valence-corrected chi connectivity index (χ4v) is 3.70. The lowest BCUT2D eigenvalue weighted by Crippen LogP contribution is -2.38. The standard InChI is InChI=1S/C25H35F2NO4/c1-5-6-8-15-20(21(27)18(2)26)22(19-13-9-7-10-14-19)28(4)17-12-11-16-25(3,23(29)30)24(31)32/h7,9-10,13-14,18,20-22H,5-6,8,15-17H2,1-4H3,(H,29,30)(H,31,32). The lowest BCUT2D eigenvalue weighted by Gasteiger charge is -2.36. The van der Waals surface area contributed by atoms with Crippen molar-refractivity contribution in [1.29, 1.82) is 0 Å². The number of carbonyl (C=O) groups is 2. The van der Waals surface area contributed by atoms with Gasteiger partial charge in [-0.1, -0.05) is 62.4 Å². The molecule has 4 unspecified atom stereocenters. The lowest BCUT2D eigenvalue weighted by atomic mass is 9.83. The molecule has 1 rings (SSSR count). The number of rotatable bonds is 13. The van der Waals surface area contributed by atoms with Crippen LogP contribution in [0.1, 0.15) is 64.5 Å². The first kappa shape index (κ1) is 27.6. The molecule has 0 amide bonds. The Morgan fingerprint density at radius 2 is 1.69 bits per heavy atom. The van der Waals surface area contributed by atoms with Gasteiger partial charge in [0.2, 0.25) is 0 Å². The molecule has 178 valence electrons. The van der Waals surface area contributed by atoms with Gasteiger partial charge in [-0.2, -0.15) is 0 Å². The third kappa shape index (κ3) is 7.59. The van der Waals surface area contributed by atoms with Crippen molar-refractivity contribution in [3.8, 4) is 11.8 Å². The van der Waals surface area contributed by atoms with Crippen LogP contribution in [0.25, 0.3) is 0 Å². The van der Waals surface area contributed by atoms with E-state index < -0.39 is 41.7 Å². The van der Waals surface area contributed by atoms with Crippen LogP contribution < -0.4 is 0 Å². The van der Waals surface area contributed by atoms with Gasteiger partial charge in [-0.25, -0.2) is 8.78 Å². The highest BCUT2D eigenvalue weighted by Crippen LogP contribution is 2.36. The second-order valence-corrected chi connectivity index (χ2v) is 8.52. The molecular weight excluding hydrogens is 416 g/mol. The average molecular weight is 452 g/mol. The smallest absolute Gasteiger partial charge is 0.321 e. The van der Waals surface area contributed by atoms with Crippen molar-refractivity contribution in [3.63, 3.8) is 0 Å². The maximum Gasteiger partial charge on any atom is 0.321 e. The Bertz CT molecular complexity index is 774. The zero-order valence-corrected chi connectivity index (χ0v) is 19.4. The summed E-state index contributed by atoms with van der Waals surface area (Å²) in [5.41, 5.74) is -1.15. The molecule has 0 saturated heterocycles. The highest BCUT2D eigenvalue weighted by Gasteiger charge is 2.41. The Labute approximate surface area is 189 Å². The SMILES string of the molecule is CCCCCC(C(F)C(C)F)C(c1ccccc1)N(C)CC#CCC(C)(C(=O)O)C(=O)O. The first-order valence-corrected chi connectivity index (χ1v) is 11.0. The van der Waals surface area contributed by atoms with Crippen LogP contribution in [0.15, 0.2) is 30.3 Å². The van der Waals surface area contributed by atoms with Crippen molar-refractivity contribution in [2.24, 2.45) is 11.3 Å². The normalized spacial score (nSPS) is 15.3. The molecule has 0 heterocycles. The van der Waals surface area contributed by atoms with E-state index >= 15 is 4.39 Å².